The summed E-state index contributed by atoms with van der Waals surface area (Å²) in [6.07, 6.45) is 4.14. The van der Waals surface area contributed by atoms with E-state index in [9.17, 15) is 16.8 Å². The molecular weight excluding hydrogens is 580 g/mol. The van der Waals surface area contributed by atoms with Gasteiger partial charge in [0.05, 0.1) is 47.6 Å². The van der Waals surface area contributed by atoms with E-state index in [4.69, 9.17) is 19.4 Å². The number of aromatic nitrogens is 4. The standard InChI is InChI=1S/C28H32N6O6S2/c1-17-14-39-15-18-16-40-23-24(28(2,3)41(5,35)36)31-25(32-27(23)34(17)18)22-20-11-12-33(26(20)30-13-21(22)29-4)42(37,38)19-9-7-6-8-10-19/h6-13,17-18,29H,14-16H2,1-5H3/t17-,18+/m1/s1. The summed E-state index contributed by atoms with van der Waals surface area (Å²) < 4.78 is 64.9. The Morgan fingerprint density at radius 1 is 1.02 bits per heavy atom. The lowest BCUT2D eigenvalue weighted by molar-refractivity contribution is 0.0482. The molecule has 5 heterocycles. The molecule has 2 aliphatic rings. The van der Waals surface area contributed by atoms with Crippen molar-refractivity contribution < 1.29 is 26.3 Å². The number of sulfone groups is 1. The fraction of sp³-hybridized carbons (Fsp3) is 0.393. The first kappa shape index (κ1) is 28.4. The number of nitrogens with zero attached hydrogens (tertiary/aromatic N) is 5. The topological polar surface area (TPSA) is 146 Å². The van der Waals surface area contributed by atoms with Gasteiger partial charge in [0.2, 0.25) is 0 Å². The fourth-order valence-corrected chi connectivity index (χ4v) is 7.23. The first-order chi connectivity index (χ1) is 19.9. The highest BCUT2D eigenvalue weighted by Crippen LogP contribution is 2.46. The lowest BCUT2D eigenvalue weighted by Gasteiger charge is -2.45. The van der Waals surface area contributed by atoms with Gasteiger partial charge in [0, 0.05) is 24.9 Å². The van der Waals surface area contributed by atoms with Crippen molar-refractivity contribution in [3.05, 3.63) is 54.5 Å². The number of ether oxygens (including phenoxy) is 2. The monoisotopic (exact) mass is 612 g/mol. The van der Waals surface area contributed by atoms with Crippen LogP contribution in [0, 0.1) is 0 Å². The van der Waals surface area contributed by atoms with E-state index in [1.807, 2.05) is 6.92 Å². The van der Waals surface area contributed by atoms with Gasteiger partial charge in [-0.15, -0.1) is 0 Å². The van der Waals surface area contributed by atoms with Gasteiger partial charge < -0.3 is 19.7 Å². The van der Waals surface area contributed by atoms with Gasteiger partial charge in [0.15, 0.2) is 32.9 Å². The van der Waals surface area contributed by atoms with E-state index in [0.717, 1.165) is 3.97 Å². The van der Waals surface area contributed by atoms with Crippen LogP contribution in [0.25, 0.3) is 22.4 Å². The predicted molar refractivity (Wildman–Crippen MR) is 159 cm³/mol. The van der Waals surface area contributed by atoms with Crippen molar-refractivity contribution >= 4 is 42.4 Å². The molecule has 3 aromatic heterocycles. The van der Waals surface area contributed by atoms with Gasteiger partial charge in [-0.05, 0) is 39.0 Å². The maximum atomic E-state index is 13.6. The third kappa shape index (κ3) is 4.31. The average Bonchev–Trinajstić information content (AvgIpc) is 3.41. The summed E-state index contributed by atoms with van der Waals surface area (Å²) in [7, 11) is -5.90. The molecule has 1 aromatic carbocycles. The molecule has 6 rings (SSSR count). The van der Waals surface area contributed by atoms with Crippen LogP contribution >= 0.6 is 0 Å². The maximum absolute atomic E-state index is 13.6. The highest BCUT2D eigenvalue weighted by atomic mass is 32.2. The van der Waals surface area contributed by atoms with Crippen LogP contribution in [0.5, 0.6) is 5.75 Å². The van der Waals surface area contributed by atoms with E-state index in [1.54, 1.807) is 45.2 Å². The van der Waals surface area contributed by atoms with Crippen molar-refractivity contribution in [2.24, 2.45) is 0 Å². The number of pyridine rings is 1. The van der Waals surface area contributed by atoms with Gasteiger partial charge in [-0.2, -0.15) is 0 Å². The molecule has 0 saturated carbocycles. The molecule has 0 radical (unpaired) electrons. The van der Waals surface area contributed by atoms with E-state index in [0.29, 0.717) is 48.0 Å². The lowest BCUT2D eigenvalue weighted by atomic mass is 10.0. The second-order valence-electron chi connectivity index (χ2n) is 11.1. The fourth-order valence-electron chi connectivity index (χ4n) is 5.42. The number of hydrogen-bond acceptors (Lipinski definition) is 11. The van der Waals surface area contributed by atoms with Crippen LogP contribution in [0.2, 0.25) is 0 Å². The van der Waals surface area contributed by atoms with Gasteiger partial charge in [-0.3, -0.25) is 0 Å². The van der Waals surface area contributed by atoms with Gasteiger partial charge in [0.25, 0.3) is 10.0 Å². The molecule has 1 saturated heterocycles. The van der Waals surface area contributed by atoms with Crippen LogP contribution in [-0.2, 0) is 29.3 Å². The largest absolute Gasteiger partial charge is 0.486 e. The summed E-state index contributed by atoms with van der Waals surface area (Å²) >= 11 is 0. The molecule has 1 fully saturated rings. The summed E-state index contributed by atoms with van der Waals surface area (Å²) in [5.41, 5.74) is 1.45. The van der Waals surface area contributed by atoms with Crippen molar-refractivity contribution in [1.29, 1.82) is 0 Å². The van der Waals surface area contributed by atoms with Crippen LogP contribution in [0.3, 0.4) is 0 Å². The quantitative estimate of drug-likeness (QED) is 0.343. The van der Waals surface area contributed by atoms with Crippen molar-refractivity contribution in [1.82, 2.24) is 18.9 Å². The first-order valence-corrected chi connectivity index (χ1v) is 16.8. The molecular formula is C28H32N6O6S2. The number of morpholine rings is 1. The molecule has 0 bridgehead atoms. The molecule has 222 valence electrons. The molecule has 2 atom stereocenters. The van der Waals surface area contributed by atoms with E-state index < -0.39 is 24.6 Å². The highest BCUT2D eigenvalue weighted by Gasteiger charge is 2.44. The molecule has 14 heteroatoms. The zero-order valence-corrected chi connectivity index (χ0v) is 25.5. The van der Waals surface area contributed by atoms with Crippen molar-refractivity contribution in [2.75, 3.05) is 43.3 Å². The normalized spacial score (nSPS) is 19.2. The third-order valence-electron chi connectivity index (χ3n) is 8.02. The third-order valence-corrected chi connectivity index (χ3v) is 11.7. The van der Waals surface area contributed by atoms with Crippen molar-refractivity contribution in [3.8, 4) is 17.1 Å². The molecule has 0 unspecified atom stereocenters. The average molecular weight is 613 g/mol. The molecule has 0 spiro atoms. The van der Waals surface area contributed by atoms with Gasteiger partial charge in [0.1, 0.15) is 17.0 Å². The molecule has 1 N–H and O–H groups in total. The molecule has 0 amide bonds. The van der Waals surface area contributed by atoms with Gasteiger partial charge >= 0.3 is 0 Å². The number of fused-ring (bicyclic) bond motifs is 4. The number of anilines is 2. The highest BCUT2D eigenvalue weighted by molar-refractivity contribution is 7.91. The van der Waals surface area contributed by atoms with Crippen LogP contribution in [0.4, 0.5) is 11.5 Å². The van der Waals surface area contributed by atoms with Crippen molar-refractivity contribution in [3.63, 3.8) is 0 Å². The summed E-state index contributed by atoms with van der Waals surface area (Å²) in [6, 6.07) is 9.59. The predicted octanol–water partition coefficient (Wildman–Crippen LogP) is 3.04. The molecule has 4 aromatic rings. The van der Waals surface area contributed by atoms with Crippen LogP contribution < -0.4 is 15.0 Å². The van der Waals surface area contributed by atoms with E-state index in [1.165, 1.54) is 30.8 Å². The molecule has 42 heavy (non-hydrogen) atoms. The van der Waals surface area contributed by atoms with Gasteiger partial charge in [-0.25, -0.2) is 35.8 Å². The Bertz CT molecular complexity index is 1910. The van der Waals surface area contributed by atoms with E-state index in [2.05, 4.69) is 15.2 Å². The zero-order chi connectivity index (χ0) is 30.0. The molecule has 12 nitrogen and oxygen atoms in total. The SMILES string of the molecule is CNc1cnc2c(ccn2S(=O)(=O)c2ccccc2)c1-c1nc2c(c(C(C)(C)S(C)(=O)=O)n1)OC[C@@H]1COC[C@@H](C)N21. The van der Waals surface area contributed by atoms with Crippen LogP contribution in [0.1, 0.15) is 26.5 Å². The number of nitrogens with one attached hydrogen (secondary N) is 1. The summed E-state index contributed by atoms with van der Waals surface area (Å²) in [5, 5.41) is 3.59. The molecule has 2 aliphatic heterocycles. The van der Waals surface area contributed by atoms with E-state index >= 15 is 0 Å². The Balaban J connectivity index is 1.65. The minimum atomic E-state index is -3.96. The summed E-state index contributed by atoms with van der Waals surface area (Å²) in [6.45, 7) is 6.42. The maximum Gasteiger partial charge on any atom is 0.269 e. The second kappa shape index (κ2) is 9.92. The van der Waals surface area contributed by atoms with Gasteiger partial charge in [-0.1, -0.05) is 18.2 Å². The summed E-state index contributed by atoms with van der Waals surface area (Å²) in [5.74, 6) is 1.01. The Hall–Kier alpha value is -3.75. The van der Waals surface area contributed by atoms with Crippen molar-refractivity contribution in [2.45, 2.75) is 42.5 Å². The Kier molecular flexibility index (Phi) is 6.70. The second-order valence-corrected chi connectivity index (χ2v) is 15.4. The number of rotatable bonds is 6. The Labute approximate surface area is 244 Å². The molecule has 0 aliphatic carbocycles. The zero-order valence-electron chi connectivity index (χ0n) is 23.9. The lowest BCUT2D eigenvalue weighted by Crippen LogP contribution is -2.56. The first-order valence-electron chi connectivity index (χ1n) is 13.5. The minimum Gasteiger partial charge on any atom is -0.486 e. The minimum absolute atomic E-state index is 0.0540. The number of benzene rings is 1. The van der Waals surface area contributed by atoms with Crippen LogP contribution in [0.15, 0.2) is 53.7 Å². The number of hydrogen-bond donors (Lipinski definition) is 1. The Morgan fingerprint density at radius 2 is 1.76 bits per heavy atom. The smallest absolute Gasteiger partial charge is 0.269 e. The Morgan fingerprint density at radius 3 is 2.45 bits per heavy atom. The van der Waals surface area contributed by atoms with E-state index in [-0.39, 0.29) is 34.1 Å². The summed E-state index contributed by atoms with van der Waals surface area (Å²) in [4.78, 5) is 16.5. The van der Waals surface area contributed by atoms with Crippen LogP contribution in [-0.4, -0.2) is 81.0 Å².